The number of nitrogens with zero attached hydrogens (tertiary/aromatic N) is 1. The number of rotatable bonds is 2. The Balaban J connectivity index is 1.87. The van der Waals surface area contributed by atoms with Crippen molar-refractivity contribution in [3.8, 4) is 0 Å². The Kier molecular flexibility index (Phi) is 3.68. The van der Waals surface area contributed by atoms with Gasteiger partial charge >= 0.3 is 5.97 Å². The van der Waals surface area contributed by atoms with Gasteiger partial charge in [-0.15, -0.1) is 0 Å². The van der Waals surface area contributed by atoms with Crippen molar-refractivity contribution in [1.82, 2.24) is 4.90 Å². The Hall–Kier alpha value is -1.88. The summed E-state index contributed by atoms with van der Waals surface area (Å²) in [6.07, 6.45) is 2.02. The second-order valence-electron chi connectivity index (χ2n) is 5.88. The number of aliphatic carboxylic acids is 1. The van der Waals surface area contributed by atoms with E-state index in [2.05, 4.69) is 0 Å². The Morgan fingerprint density at radius 3 is 2.76 bits per heavy atom. The molecular weight excluding hydrogens is 270 g/mol. The van der Waals surface area contributed by atoms with E-state index in [0.717, 1.165) is 24.8 Å². The van der Waals surface area contributed by atoms with Gasteiger partial charge in [0, 0.05) is 13.0 Å². The third-order valence-corrected chi connectivity index (χ3v) is 4.51. The van der Waals surface area contributed by atoms with Crippen molar-refractivity contribution in [2.45, 2.75) is 43.7 Å². The Labute approximate surface area is 123 Å². The lowest BCUT2D eigenvalue weighted by Crippen LogP contribution is -2.43. The molecule has 112 valence electrons. The quantitative estimate of drug-likeness (QED) is 0.856. The van der Waals surface area contributed by atoms with Gasteiger partial charge in [-0.3, -0.25) is 4.79 Å². The summed E-state index contributed by atoms with van der Waals surface area (Å²) in [4.78, 5) is 25.4. The highest BCUT2D eigenvalue weighted by atomic mass is 16.4. The number of carbonyl (C=O) groups excluding carboxylic acids is 1. The van der Waals surface area contributed by atoms with E-state index >= 15 is 0 Å². The Bertz CT molecular complexity index is 571. The van der Waals surface area contributed by atoms with Crippen LogP contribution in [0.3, 0.4) is 0 Å². The molecule has 1 saturated heterocycles. The number of aryl methyl sites for hydroxylation is 1. The molecule has 3 atom stereocenters. The zero-order chi connectivity index (χ0) is 15.0. The molecule has 0 saturated carbocycles. The molecule has 3 rings (SSSR count). The summed E-state index contributed by atoms with van der Waals surface area (Å²) in [5.74, 6) is -1.47. The monoisotopic (exact) mass is 289 g/mol. The number of β-amino-alcohol motifs (C(OH)–C–C–N with tert-alkyl or cyclic N) is 1. The van der Waals surface area contributed by atoms with Crippen LogP contribution >= 0.6 is 0 Å². The van der Waals surface area contributed by atoms with Gasteiger partial charge in [0.2, 0.25) is 5.91 Å². The first-order chi connectivity index (χ1) is 10.1. The van der Waals surface area contributed by atoms with Gasteiger partial charge in [0.05, 0.1) is 12.0 Å². The number of aliphatic hydroxyl groups excluding tert-OH is 1. The number of carboxylic acid groups (broad SMARTS) is 1. The number of hydrogen-bond donors (Lipinski definition) is 2. The average molecular weight is 289 g/mol. The Morgan fingerprint density at radius 2 is 2.00 bits per heavy atom. The van der Waals surface area contributed by atoms with Gasteiger partial charge in [-0.25, -0.2) is 4.79 Å². The van der Waals surface area contributed by atoms with Gasteiger partial charge in [-0.1, -0.05) is 24.3 Å². The number of amides is 1. The summed E-state index contributed by atoms with van der Waals surface area (Å²) in [5.41, 5.74) is 2.19. The maximum Gasteiger partial charge on any atom is 0.326 e. The molecule has 1 aromatic rings. The number of benzene rings is 1. The average Bonchev–Trinajstić information content (AvgIpc) is 2.88. The maximum absolute atomic E-state index is 12.8. The topological polar surface area (TPSA) is 77.8 Å². The normalized spacial score (nSPS) is 28.2. The van der Waals surface area contributed by atoms with Crippen LogP contribution in [0.1, 0.15) is 36.3 Å². The van der Waals surface area contributed by atoms with E-state index in [-0.39, 0.29) is 24.8 Å². The van der Waals surface area contributed by atoms with Gasteiger partial charge in [-0.2, -0.15) is 0 Å². The van der Waals surface area contributed by atoms with Gasteiger partial charge in [0.15, 0.2) is 0 Å². The Morgan fingerprint density at radius 1 is 1.24 bits per heavy atom. The summed E-state index contributed by atoms with van der Waals surface area (Å²) in [6, 6.07) is 6.96. The van der Waals surface area contributed by atoms with Crippen molar-refractivity contribution in [3.63, 3.8) is 0 Å². The summed E-state index contributed by atoms with van der Waals surface area (Å²) in [7, 11) is 0. The van der Waals surface area contributed by atoms with Gasteiger partial charge in [0.25, 0.3) is 0 Å². The van der Waals surface area contributed by atoms with E-state index < -0.39 is 18.1 Å². The van der Waals surface area contributed by atoms with Crippen LogP contribution in [0.25, 0.3) is 0 Å². The molecule has 21 heavy (non-hydrogen) atoms. The van der Waals surface area contributed by atoms with E-state index in [1.165, 1.54) is 10.5 Å². The minimum absolute atomic E-state index is 0.120. The minimum atomic E-state index is -1.04. The first-order valence-electron chi connectivity index (χ1n) is 7.37. The van der Waals surface area contributed by atoms with Crippen LogP contribution < -0.4 is 0 Å². The molecule has 1 aliphatic carbocycles. The molecule has 1 fully saturated rings. The van der Waals surface area contributed by atoms with E-state index in [4.69, 9.17) is 0 Å². The van der Waals surface area contributed by atoms with Crippen LogP contribution in [0.15, 0.2) is 24.3 Å². The molecule has 1 heterocycles. The van der Waals surface area contributed by atoms with Gasteiger partial charge < -0.3 is 15.1 Å². The van der Waals surface area contributed by atoms with Crippen molar-refractivity contribution < 1.29 is 19.8 Å². The number of carbonyl (C=O) groups is 2. The molecule has 5 nitrogen and oxygen atoms in total. The number of aliphatic hydroxyl groups is 1. The minimum Gasteiger partial charge on any atom is -0.480 e. The van der Waals surface area contributed by atoms with E-state index in [9.17, 15) is 19.8 Å². The zero-order valence-electron chi connectivity index (χ0n) is 11.7. The second-order valence-corrected chi connectivity index (χ2v) is 5.88. The predicted molar refractivity (Wildman–Crippen MR) is 75.9 cm³/mol. The first kappa shape index (κ1) is 14.1. The molecule has 5 heteroatoms. The van der Waals surface area contributed by atoms with Crippen LogP contribution in [0.4, 0.5) is 0 Å². The molecule has 2 aliphatic rings. The molecule has 1 aromatic carbocycles. The summed E-state index contributed by atoms with van der Waals surface area (Å²) >= 11 is 0. The third-order valence-electron chi connectivity index (χ3n) is 4.51. The zero-order valence-corrected chi connectivity index (χ0v) is 11.7. The van der Waals surface area contributed by atoms with E-state index in [1.807, 2.05) is 24.3 Å². The molecule has 0 radical (unpaired) electrons. The molecule has 1 aliphatic heterocycles. The number of fused-ring (bicyclic) bond motifs is 1. The molecule has 1 amide bonds. The highest BCUT2D eigenvalue weighted by molar-refractivity contribution is 5.89. The van der Waals surface area contributed by atoms with Crippen molar-refractivity contribution in [2.24, 2.45) is 0 Å². The highest BCUT2D eigenvalue weighted by Gasteiger charge is 2.42. The van der Waals surface area contributed by atoms with Crippen LogP contribution in [0.2, 0.25) is 0 Å². The fraction of sp³-hybridized carbons (Fsp3) is 0.500. The molecule has 0 spiro atoms. The van der Waals surface area contributed by atoms with Crippen LogP contribution in [-0.4, -0.2) is 45.7 Å². The lowest BCUT2D eigenvalue weighted by molar-refractivity contribution is -0.148. The third kappa shape index (κ3) is 2.53. The highest BCUT2D eigenvalue weighted by Crippen LogP contribution is 2.34. The van der Waals surface area contributed by atoms with Crippen LogP contribution in [-0.2, 0) is 16.0 Å². The fourth-order valence-electron chi connectivity index (χ4n) is 3.50. The number of likely N-dealkylation sites (tertiary alicyclic amines) is 1. The lowest BCUT2D eigenvalue weighted by atomic mass is 9.82. The van der Waals surface area contributed by atoms with Crippen molar-refractivity contribution in [3.05, 3.63) is 35.4 Å². The van der Waals surface area contributed by atoms with Crippen molar-refractivity contribution >= 4 is 11.9 Å². The molecular formula is C16H19NO4. The standard InChI is InChI=1S/C16H19NO4/c18-11-8-14(16(20)21)17(9-11)15(19)13-7-3-5-10-4-1-2-6-12(10)13/h1-2,4,6,11,13-14,18H,3,5,7-9H2,(H,20,21)/t11-,13?,14+/m1/s1. The summed E-state index contributed by atoms with van der Waals surface area (Å²) in [5, 5.41) is 18.9. The SMILES string of the molecule is O=C(O)[C@@H]1C[C@@H](O)CN1C(=O)C1CCCc2ccccc21. The summed E-state index contributed by atoms with van der Waals surface area (Å²) in [6.45, 7) is 0.120. The van der Waals surface area contributed by atoms with E-state index in [0.29, 0.717) is 0 Å². The molecule has 0 aromatic heterocycles. The first-order valence-corrected chi connectivity index (χ1v) is 7.37. The number of hydrogen-bond acceptors (Lipinski definition) is 3. The lowest BCUT2D eigenvalue weighted by Gasteiger charge is -2.30. The fourth-order valence-corrected chi connectivity index (χ4v) is 3.50. The molecule has 2 N–H and O–H groups in total. The second kappa shape index (κ2) is 5.48. The number of carboxylic acids is 1. The van der Waals surface area contributed by atoms with Gasteiger partial charge in [0.1, 0.15) is 6.04 Å². The van der Waals surface area contributed by atoms with Gasteiger partial charge in [-0.05, 0) is 30.4 Å². The molecule has 0 bridgehead atoms. The maximum atomic E-state index is 12.8. The summed E-state index contributed by atoms with van der Waals surface area (Å²) < 4.78 is 0. The smallest absolute Gasteiger partial charge is 0.326 e. The largest absolute Gasteiger partial charge is 0.480 e. The van der Waals surface area contributed by atoms with Crippen molar-refractivity contribution in [2.75, 3.05) is 6.54 Å². The van der Waals surface area contributed by atoms with E-state index in [1.54, 1.807) is 0 Å². The van der Waals surface area contributed by atoms with Crippen LogP contribution in [0.5, 0.6) is 0 Å². The van der Waals surface area contributed by atoms with Crippen molar-refractivity contribution in [1.29, 1.82) is 0 Å². The predicted octanol–water partition coefficient (Wildman–Crippen LogP) is 1.15. The van der Waals surface area contributed by atoms with Crippen LogP contribution in [0, 0.1) is 0 Å². The molecule has 1 unspecified atom stereocenters.